The van der Waals surface area contributed by atoms with Crippen LogP contribution in [0, 0.1) is 0 Å². The van der Waals surface area contributed by atoms with Crippen LogP contribution in [0.15, 0.2) is 34.4 Å². The fourth-order valence-corrected chi connectivity index (χ4v) is 2.82. The van der Waals surface area contributed by atoms with Crippen LogP contribution in [0.3, 0.4) is 0 Å². The summed E-state index contributed by atoms with van der Waals surface area (Å²) in [5, 5.41) is 7.76. The maximum Gasteiger partial charge on any atom is 0.271 e. The number of benzene rings is 1. The van der Waals surface area contributed by atoms with Crippen molar-refractivity contribution in [3.63, 3.8) is 0 Å². The molecule has 110 valence electrons. The summed E-state index contributed by atoms with van der Waals surface area (Å²) in [7, 11) is 0. The number of rotatable bonds is 3. The third-order valence-corrected chi connectivity index (χ3v) is 4.06. The normalized spacial score (nSPS) is 25.2. The van der Waals surface area contributed by atoms with Gasteiger partial charge in [-0.05, 0) is 37.1 Å². The van der Waals surface area contributed by atoms with Gasteiger partial charge in [0.1, 0.15) is 5.71 Å². The third-order valence-electron chi connectivity index (χ3n) is 3.81. The van der Waals surface area contributed by atoms with E-state index in [1.165, 1.54) is 19.1 Å². The topological polar surface area (TPSA) is 65.8 Å². The lowest BCUT2D eigenvalue weighted by Crippen LogP contribution is -2.51. The Morgan fingerprint density at radius 2 is 2.05 bits per heavy atom. The Hall–Kier alpha value is -1.88. The van der Waals surface area contributed by atoms with E-state index in [9.17, 15) is 4.79 Å². The summed E-state index contributed by atoms with van der Waals surface area (Å²) >= 11 is 5.81. The number of hydrogen-bond acceptors (Lipinski definition) is 4. The van der Waals surface area contributed by atoms with Gasteiger partial charge < -0.3 is 5.32 Å². The first-order valence-corrected chi connectivity index (χ1v) is 7.53. The number of nitrogens with zero attached hydrogens (tertiary/aromatic N) is 2. The molecular formula is C15H17ClN4O. The van der Waals surface area contributed by atoms with Gasteiger partial charge in [0.2, 0.25) is 0 Å². The molecule has 0 bridgehead atoms. The Morgan fingerprint density at radius 3 is 2.86 bits per heavy atom. The molecule has 1 aromatic carbocycles. The molecule has 1 aliphatic carbocycles. The molecule has 1 saturated carbocycles. The van der Waals surface area contributed by atoms with Gasteiger partial charge in [-0.1, -0.05) is 24.4 Å². The predicted molar refractivity (Wildman–Crippen MR) is 85.2 cm³/mol. The second-order valence-corrected chi connectivity index (χ2v) is 5.76. The summed E-state index contributed by atoms with van der Waals surface area (Å²) in [5.74, 6) is -0.139. The van der Waals surface area contributed by atoms with Crippen LogP contribution in [0.25, 0.3) is 0 Å². The van der Waals surface area contributed by atoms with Gasteiger partial charge in [-0.2, -0.15) is 5.10 Å². The van der Waals surface area contributed by atoms with Crippen molar-refractivity contribution in [2.75, 3.05) is 5.43 Å². The first-order chi connectivity index (χ1) is 10.2. The van der Waals surface area contributed by atoms with Crippen LogP contribution < -0.4 is 10.7 Å². The van der Waals surface area contributed by atoms with Crippen LogP contribution in [0.4, 0.5) is 5.69 Å². The number of hydrogen-bond donors (Lipinski definition) is 2. The van der Waals surface area contributed by atoms with Crippen molar-refractivity contribution in [1.29, 1.82) is 0 Å². The number of halogens is 1. The molecule has 3 rings (SSSR count). The quantitative estimate of drug-likeness (QED) is 0.666. The van der Waals surface area contributed by atoms with E-state index >= 15 is 0 Å². The Bertz CT molecular complexity index is 582. The van der Waals surface area contributed by atoms with Crippen molar-refractivity contribution in [3.05, 3.63) is 29.3 Å². The molecule has 0 saturated heterocycles. The number of hydrazone groups is 1. The van der Waals surface area contributed by atoms with Crippen molar-refractivity contribution in [1.82, 2.24) is 5.32 Å². The van der Waals surface area contributed by atoms with Crippen molar-refractivity contribution >= 4 is 35.1 Å². The molecule has 1 fully saturated rings. The first-order valence-electron chi connectivity index (χ1n) is 7.16. The fourth-order valence-electron chi connectivity index (χ4n) is 2.70. The van der Waals surface area contributed by atoms with Gasteiger partial charge in [0.15, 0.2) is 0 Å². The molecule has 0 radical (unpaired) electrons. The summed E-state index contributed by atoms with van der Waals surface area (Å²) in [5.41, 5.74) is 4.06. The van der Waals surface area contributed by atoms with E-state index in [1.54, 1.807) is 12.1 Å². The largest absolute Gasteiger partial charge is 0.346 e. The van der Waals surface area contributed by atoms with Crippen molar-refractivity contribution < 1.29 is 4.79 Å². The summed E-state index contributed by atoms with van der Waals surface area (Å²) in [6.45, 7) is 0. The van der Waals surface area contributed by atoms with Crippen molar-refractivity contribution in [2.45, 2.75) is 37.8 Å². The molecule has 1 amide bonds. The molecule has 2 atom stereocenters. The lowest BCUT2D eigenvalue weighted by molar-refractivity contribution is -0.116. The number of carbonyl (C=O) groups excluding carboxylic acids is 1. The zero-order valence-electron chi connectivity index (χ0n) is 11.6. The van der Waals surface area contributed by atoms with Crippen LogP contribution in [-0.4, -0.2) is 29.9 Å². The molecule has 2 unspecified atom stereocenters. The molecule has 21 heavy (non-hydrogen) atoms. The highest BCUT2D eigenvalue weighted by atomic mass is 35.5. The Balaban J connectivity index is 1.65. The molecule has 1 aromatic rings. The lowest BCUT2D eigenvalue weighted by Gasteiger charge is -2.32. The molecule has 0 spiro atoms. The SMILES string of the molecule is O=C1NC2CCCCC2N=C1/C=N/Nc1ccc(Cl)cc1. The van der Waals surface area contributed by atoms with Gasteiger partial charge in [-0.3, -0.25) is 15.2 Å². The van der Waals surface area contributed by atoms with Crippen molar-refractivity contribution in [3.8, 4) is 0 Å². The zero-order chi connectivity index (χ0) is 14.7. The highest BCUT2D eigenvalue weighted by molar-refractivity contribution is 6.61. The van der Waals surface area contributed by atoms with Gasteiger partial charge >= 0.3 is 0 Å². The van der Waals surface area contributed by atoms with Gasteiger partial charge in [0, 0.05) is 5.02 Å². The second kappa shape index (κ2) is 6.26. The van der Waals surface area contributed by atoms with Crippen LogP contribution in [-0.2, 0) is 4.79 Å². The minimum atomic E-state index is -0.139. The predicted octanol–water partition coefficient (Wildman–Crippen LogP) is 2.62. The minimum absolute atomic E-state index is 0.139. The average molecular weight is 305 g/mol. The number of carbonyl (C=O) groups is 1. The van der Waals surface area contributed by atoms with Crippen LogP contribution in [0.2, 0.25) is 5.02 Å². The van der Waals surface area contributed by atoms with Crippen LogP contribution in [0.5, 0.6) is 0 Å². The molecule has 6 heteroatoms. The molecule has 2 N–H and O–H groups in total. The Morgan fingerprint density at radius 1 is 1.29 bits per heavy atom. The number of fused-ring (bicyclic) bond motifs is 1. The van der Waals surface area contributed by atoms with E-state index in [0.29, 0.717) is 10.7 Å². The molecular weight excluding hydrogens is 288 g/mol. The second-order valence-electron chi connectivity index (χ2n) is 5.32. The maximum atomic E-state index is 12.0. The summed E-state index contributed by atoms with van der Waals surface area (Å²) in [4.78, 5) is 16.5. The average Bonchev–Trinajstić information content (AvgIpc) is 2.50. The van der Waals surface area contributed by atoms with Gasteiger partial charge in [-0.25, -0.2) is 0 Å². The van der Waals surface area contributed by atoms with E-state index in [-0.39, 0.29) is 18.0 Å². The van der Waals surface area contributed by atoms with Crippen LogP contribution in [0.1, 0.15) is 25.7 Å². The van der Waals surface area contributed by atoms with E-state index in [0.717, 1.165) is 18.5 Å². The molecule has 0 aromatic heterocycles. The number of nitrogens with one attached hydrogen (secondary N) is 2. The van der Waals surface area contributed by atoms with E-state index < -0.39 is 0 Å². The summed E-state index contributed by atoms with van der Waals surface area (Å²) in [6, 6.07) is 7.59. The Kier molecular flexibility index (Phi) is 4.20. The van der Waals surface area contributed by atoms with E-state index in [4.69, 9.17) is 11.6 Å². The lowest BCUT2D eigenvalue weighted by atomic mass is 9.89. The van der Waals surface area contributed by atoms with E-state index in [2.05, 4.69) is 20.8 Å². The summed E-state index contributed by atoms with van der Waals surface area (Å²) < 4.78 is 0. The van der Waals surface area contributed by atoms with E-state index in [1.807, 2.05) is 12.1 Å². The minimum Gasteiger partial charge on any atom is -0.346 e. The smallest absolute Gasteiger partial charge is 0.271 e. The molecule has 1 heterocycles. The van der Waals surface area contributed by atoms with Gasteiger partial charge in [-0.15, -0.1) is 0 Å². The number of amides is 1. The van der Waals surface area contributed by atoms with Crippen LogP contribution >= 0.6 is 11.6 Å². The number of aliphatic imine (C=N–C) groups is 1. The standard InChI is InChI=1S/C15H17ClN4O/c16-10-5-7-11(8-6-10)20-17-9-14-15(21)19-13-4-2-1-3-12(13)18-14/h5-9,12-13,20H,1-4H2,(H,19,21)/b17-9+. The Labute approximate surface area is 128 Å². The monoisotopic (exact) mass is 304 g/mol. The zero-order valence-corrected chi connectivity index (χ0v) is 12.3. The summed E-state index contributed by atoms with van der Waals surface area (Å²) in [6.07, 6.45) is 5.88. The molecule has 5 nitrogen and oxygen atoms in total. The fraction of sp³-hybridized carbons (Fsp3) is 0.400. The third kappa shape index (κ3) is 3.42. The highest BCUT2D eigenvalue weighted by Gasteiger charge is 2.31. The van der Waals surface area contributed by atoms with Gasteiger partial charge in [0.25, 0.3) is 5.91 Å². The molecule has 1 aliphatic heterocycles. The van der Waals surface area contributed by atoms with Gasteiger partial charge in [0.05, 0.1) is 24.0 Å². The first kappa shape index (κ1) is 14.1. The maximum absolute atomic E-state index is 12.0. The van der Waals surface area contributed by atoms with Crippen molar-refractivity contribution in [2.24, 2.45) is 10.1 Å². The highest BCUT2D eigenvalue weighted by Crippen LogP contribution is 2.23. The number of anilines is 1. The molecule has 2 aliphatic rings.